The molecule has 0 bridgehead atoms. The van der Waals surface area contributed by atoms with E-state index in [1.165, 1.54) is 6.07 Å². The van der Waals surface area contributed by atoms with E-state index in [1.54, 1.807) is 25.4 Å². The number of fused-ring (bicyclic) bond motifs is 2. The topological polar surface area (TPSA) is 192 Å². The summed E-state index contributed by atoms with van der Waals surface area (Å²) in [5.41, 5.74) is 7.69. The molecule has 5 N–H and O–H groups in total. The van der Waals surface area contributed by atoms with Crippen molar-refractivity contribution < 1.29 is 29.1 Å². The van der Waals surface area contributed by atoms with E-state index in [-0.39, 0.29) is 48.9 Å². The zero-order valence-corrected chi connectivity index (χ0v) is 37.7. The molecule has 3 atom stereocenters. The van der Waals surface area contributed by atoms with Crippen molar-refractivity contribution in [3.8, 4) is 34.2 Å². The van der Waals surface area contributed by atoms with Crippen LogP contribution >= 0.6 is 0 Å². The number of amides is 5. The van der Waals surface area contributed by atoms with Crippen LogP contribution in [0.3, 0.4) is 0 Å². The molecule has 2 aliphatic heterocycles. The highest BCUT2D eigenvalue weighted by Crippen LogP contribution is 2.40. The summed E-state index contributed by atoms with van der Waals surface area (Å²) in [6, 6.07) is 32.3. The zero-order valence-electron chi connectivity index (χ0n) is 37.7. The lowest BCUT2D eigenvalue weighted by atomic mass is 9.99. The van der Waals surface area contributed by atoms with Gasteiger partial charge in [0, 0.05) is 61.8 Å². The maximum atomic E-state index is 13.4. The number of piperidine rings is 1. The summed E-state index contributed by atoms with van der Waals surface area (Å²) in [6.45, 7) is 5.06. The number of benzene rings is 4. The minimum atomic E-state index is -1.05. The Kier molecular flexibility index (Phi) is 14.2. The summed E-state index contributed by atoms with van der Waals surface area (Å²) in [5.74, 6) is 4.16. The van der Waals surface area contributed by atoms with Crippen molar-refractivity contribution >= 4 is 46.3 Å². The molecule has 0 saturated carbocycles. The Hall–Kier alpha value is -7.63. The van der Waals surface area contributed by atoms with Crippen LogP contribution < -0.4 is 21.4 Å². The van der Waals surface area contributed by atoms with E-state index in [4.69, 9.17) is 4.98 Å². The molecule has 4 heterocycles. The fourth-order valence-corrected chi connectivity index (χ4v) is 8.88. The highest BCUT2D eigenvalue weighted by atomic mass is 16.3. The van der Waals surface area contributed by atoms with Gasteiger partial charge < -0.3 is 24.9 Å². The minimum absolute atomic E-state index is 0.0367. The molecule has 1 saturated heterocycles. The summed E-state index contributed by atoms with van der Waals surface area (Å²) in [7, 11) is 0. The molecule has 1 fully saturated rings. The van der Waals surface area contributed by atoms with E-state index in [2.05, 4.69) is 75.7 Å². The van der Waals surface area contributed by atoms with Gasteiger partial charge in [-0.15, -0.1) is 0 Å². The van der Waals surface area contributed by atoms with Gasteiger partial charge in [-0.3, -0.25) is 39.6 Å². The van der Waals surface area contributed by atoms with E-state index >= 15 is 0 Å². The molecule has 8 rings (SSSR count). The Bertz CT molecular complexity index is 2970. The number of carbonyl (C=O) groups is 5. The lowest BCUT2D eigenvalue weighted by molar-refractivity contribution is -0.136. The predicted molar refractivity (Wildman–Crippen MR) is 256 cm³/mol. The first kappa shape index (κ1) is 45.9. The number of nitrogens with zero attached hydrogens (tertiary/aromatic N) is 4. The number of carbonyl (C=O) groups excluding carboxylic acids is 5. The lowest BCUT2D eigenvalue weighted by Gasteiger charge is -2.27. The first-order chi connectivity index (χ1) is 32.5. The third kappa shape index (κ3) is 10.1. The number of hydrogen-bond acceptors (Lipinski definition) is 9. The molecule has 14 nitrogen and oxygen atoms in total. The summed E-state index contributed by atoms with van der Waals surface area (Å²) in [5, 5.41) is 28.6. The van der Waals surface area contributed by atoms with Crippen molar-refractivity contribution in [1.29, 1.82) is 5.41 Å². The quantitative estimate of drug-likeness (QED) is 0.0369. The van der Waals surface area contributed by atoms with Crippen LogP contribution in [0.5, 0.6) is 0 Å². The molecule has 2 aromatic heterocycles. The normalized spacial score (nSPS) is 15.4. The van der Waals surface area contributed by atoms with E-state index in [0.29, 0.717) is 43.5 Å². The Labute approximate surface area is 388 Å². The molecule has 1 unspecified atom stereocenters. The molecule has 4 aromatic carbocycles. The first-order valence-corrected chi connectivity index (χ1v) is 22.9. The fraction of sp³-hybridized carbons (Fsp3) is 0.302. The van der Waals surface area contributed by atoms with Gasteiger partial charge in [0.25, 0.3) is 11.8 Å². The Balaban J connectivity index is 0.883. The van der Waals surface area contributed by atoms with Gasteiger partial charge >= 0.3 is 0 Å². The molecule has 14 heteroatoms. The third-order valence-electron chi connectivity index (χ3n) is 12.3. The van der Waals surface area contributed by atoms with Crippen LogP contribution in [-0.4, -0.2) is 78.9 Å². The van der Waals surface area contributed by atoms with Gasteiger partial charge in [0.1, 0.15) is 17.2 Å². The summed E-state index contributed by atoms with van der Waals surface area (Å²) < 4.78 is 4.12. The number of aromatic nitrogens is 3. The number of anilines is 1. The van der Waals surface area contributed by atoms with Crippen LogP contribution in [0.1, 0.15) is 103 Å². The standard InChI is InChI=1S/C53H54N8O6/c1-34(24-25-35(2)62)60-33-57-50-47(49(60)54)45(38-18-8-5-9-19-38)48(39-20-10-6-11-21-39)59(50)32-37-17-13-16-36(31-37)15-7-3-4-12-29-56-43(63)28-30-55-41-23-14-22-40-46(41)53(67)61(52(40)66)42-26-27-44(64)58-51(42)65/h5-6,8-11,13-14,16-23,31,33-35,42,54-55,62H,3-4,12,24-30,32H2,1-2H3,(H,56,63)(H,58,64,65)/t34-,35-,42?/m1/s1. The highest BCUT2D eigenvalue weighted by molar-refractivity contribution is 6.25. The Morgan fingerprint density at radius 3 is 2.37 bits per heavy atom. The van der Waals surface area contributed by atoms with Gasteiger partial charge in [0.2, 0.25) is 17.7 Å². The van der Waals surface area contributed by atoms with Crippen molar-refractivity contribution in [1.82, 2.24) is 29.7 Å². The maximum absolute atomic E-state index is 13.4. The molecule has 0 spiro atoms. The van der Waals surface area contributed by atoms with Crippen LogP contribution in [0.4, 0.5) is 5.69 Å². The largest absolute Gasteiger partial charge is 0.393 e. The molecule has 2 aliphatic rings. The second-order valence-corrected chi connectivity index (χ2v) is 17.2. The summed E-state index contributed by atoms with van der Waals surface area (Å²) in [6.07, 6.45) is 5.10. The van der Waals surface area contributed by atoms with Crippen LogP contribution in [0.25, 0.3) is 33.4 Å². The average Bonchev–Trinajstić information content (AvgIpc) is 3.79. The van der Waals surface area contributed by atoms with Crippen molar-refractivity contribution in [3.05, 3.63) is 137 Å². The van der Waals surface area contributed by atoms with E-state index in [0.717, 1.165) is 62.3 Å². The molecule has 0 aliphatic carbocycles. The van der Waals surface area contributed by atoms with E-state index < -0.39 is 35.8 Å². The second kappa shape index (κ2) is 20.7. The zero-order chi connectivity index (χ0) is 47.0. The maximum Gasteiger partial charge on any atom is 0.264 e. The number of unbranched alkanes of at least 4 members (excludes halogenated alkanes) is 2. The second-order valence-electron chi connectivity index (χ2n) is 17.2. The Morgan fingerprint density at radius 1 is 0.881 bits per heavy atom. The number of rotatable bonds is 17. The predicted octanol–water partition coefficient (Wildman–Crippen LogP) is 6.96. The van der Waals surface area contributed by atoms with Crippen LogP contribution in [0.15, 0.2) is 109 Å². The molecule has 5 amide bonds. The van der Waals surface area contributed by atoms with E-state index in [9.17, 15) is 34.5 Å². The number of nitrogens with one attached hydrogen (secondary N) is 4. The monoisotopic (exact) mass is 898 g/mol. The van der Waals surface area contributed by atoms with Crippen molar-refractivity contribution in [2.45, 2.75) is 89.9 Å². The molecular formula is C53H54N8O6. The van der Waals surface area contributed by atoms with Crippen LogP contribution in [0.2, 0.25) is 0 Å². The SMILES string of the molecule is C[C@H](CC[C@@H](C)O)n1cnc2c(c(-c3ccccc3)c(-c3ccccc3)n2Cc2cccc(C#CCCCCNC(=O)CCNc3cccc4c3C(=O)N(C3CCC(=O)NC3=O)C4=O)c2)c1=N. The van der Waals surface area contributed by atoms with Gasteiger partial charge in [-0.05, 0) is 86.9 Å². The van der Waals surface area contributed by atoms with Crippen molar-refractivity contribution in [3.63, 3.8) is 0 Å². The molecule has 6 aromatic rings. The number of aliphatic hydroxyl groups is 1. The summed E-state index contributed by atoms with van der Waals surface area (Å²) in [4.78, 5) is 69.2. The molecule has 0 radical (unpaired) electrons. The van der Waals surface area contributed by atoms with Gasteiger partial charge in [-0.25, -0.2) is 4.98 Å². The highest BCUT2D eigenvalue weighted by Gasteiger charge is 2.45. The van der Waals surface area contributed by atoms with Gasteiger partial charge in [0.05, 0.1) is 34.6 Å². The van der Waals surface area contributed by atoms with Gasteiger partial charge in [-0.1, -0.05) is 90.7 Å². The smallest absolute Gasteiger partial charge is 0.264 e. The van der Waals surface area contributed by atoms with Crippen molar-refractivity contribution in [2.24, 2.45) is 0 Å². The fourth-order valence-electron chi connectivity index (χ4n) is 8.88. The number of hydrogen-bond donors (Lipinski definition) is 5. The Morgan fingerprint density at radius 2 is 1.63 bits per heavy atom. The third-order valence-corrected chi connectivity index (χ3v) is 12.3. The lowest BCUT2D eigenvalue weighted by Crippen LogP contribution is -2.54. The van der Waals surface area contributed by atoms with Crippen molar-refractivity contribution in [2.75, 3.05) is 18.4 Å². The van der Waals surface area contributed by atoms with Crippen LogP contribution in [0, 0.1) is 17.3 Å². The average molecular weight is 899 g/mol. The summed E-state index contributed by atoms with van der Waals surface area (Å²) >= 11 is 0. The van der Waals surface area contributed by atoms with Gasteiger partial charge in [0.15, 0.2) is 0 Å². The van der Waals surface area contributed by atoms with Crippen LogP contribution in [-0.2, 0) is 20.9 Å². The first-order valence-electron chi connectivity index (χ1n) is 22.9. The van der Waals surface area contributed by atoms with Gasteiger partial charge in [-0.2, -0.15) is 0 Å². The minimum Gasteiger partial charge on any atom is -0.393 e. The molecular weight excluding hydrogens is 845 g/mol. The number of imide groups is 2. The number of aliphatic hydroxyl groups excluding tert-OH is 1. The van der Waals surface area contributed by atoms with E-state index in [1.807, 2.05) is 53.1 Å². The molecule has 342 valence electrons. The molecule has 67 heavy (non-hydrogen) atoms.